The fraction of sp³-hybridized carbons (Fsp3) is 0.111. The summed E-state index contributed by atoms with van der Waals surface area (Å²) in [5.74, 6) is 0.865. The Hall–Kier alpha value is -3.28. The van der Waals surface area contributed by atoms with E-state index in [1.807, 2.05) is 47.8 Å². The molecule has 0 aliphatic heterocycles. The number of fused-ring (bicyclic) bond motifs is 3. The Kier molecular flexibility index (Phi) is 2.53. The molecule has 24 heavy (non-hydrogen) atoms. The smallest absolute Gasteiger partial charge is 0.160 e. The Morgan fingerprint density at radius 3 is 2.83 bits per heavy atom. The van der Waals surface area contributed by atoms with Gasteiger partial charge in [0.15, 0.2) is 5.58 Å². The molecule has 1 N–H and O–H groups in total. The molecule has 0 saturated carbocycles. The summed E-state index contributed by atoms with van der Waals surface area (Å²) in [6.45, 7) is 0. The molecule has 6 nitrogen and oxygen atoms in total. The van der Waals surface area contributed by atoms with Gasteiger partial charge in [0.2, 0.25) is 0 Å². The van der Waals surface area contributed by atoms with Crippen molar-refractivity contribution in [1.82, 2.24) is 24.1 Å². The molecule has 4 aromatic heterocycles. The zero-order valence-electron chi connectivity index (χ0n) is 13.2. The highest BCUT2D eigenvalue weighted by Crippen LogP contribution is 2.37. The molecular formula is C18H14N5O-. The number of H-pyrrole nitrogens is 1. The van der Waals surface area contributed by atoms with Gasteiger partial charge in [-0.2, -0.15) is 0 Å². The van der Waals surface area contributed by atoms with Gasteiger partial charge in [-0.3, -0.25) is 0 Å². The van der Waals surface area contributed by atoms with E-state index in [4.69, 9.17) is 4.42 Å². The van der Waals surface area contributed by atoms with E-state index in [0.29, 0.717) is 0 Å². The monoisotopic (exact) mass is 316 g/mol. The number of hydrogen-bond acceptors (Lipinski definition) is 3. The highest BCUT2D eigenvalue weighted by molar-refractivity contribution is 6.12. The van der Waals surface area contributed by atoms with Crippen LogP contribution in [0.4, 0.5) is 0 Å². The minimum atomic E-state index is 0.839. The number of nitrogens with zero attached hydrogens (tertiary/aromatic N) is 4. The topological polar surface area (TPSA) is 64.6 Å². The van der Waals surface area contributed by atoms with Crippen LogP contribution in [0.25, 0.3) is 44.6 Å². The maximum atomic E-state index is 5.85. The van der Waals surface area contributed by atoms with Gasteiger partial charge in [-0.05, 0) is 24.5 Å². The first-order valence-electron chi connectivity index (χ1n) is 7.62. The van der Waals surface area contributed by atoms with Crippen LogP contribution >= 0.6 is 0 Å². The van der Waals surface area contributed by atoms with Gasteiger partial charge in [0.1, 0.15) is 6.26 Å². The quantitative estimate of drug-likeness (QED) is 0.507. The lowest BCUT2D eigenvalue weighted by molar-refractivity contribution is 0.620. The van der Waals surface area contributed by atoms with Gasteiger partial charge in [-0.25, -0.2) is 4.98 Å². The number of rotatable bonds is 2. The minimum absolute atomic E-state index is 0.839. The number of aryl methyl sites for hydroxylation is 2. The zero-order chi connectivity index (χ0) is 16.3. The third-order valence-electron chi connectivity index (χ3n) is 4.33. The van der Waals surface area contributed by atoms with Crippen LogP contribution in [0.15, 0.2) is 47.6 Å². The van der Waals surface area contributed by atoms with Crippen molar-refractivity contribution in [3.05, 3.63) is 49.4 Å². The lowest BCUT2D eigenvalue weighted by atomic mass is 10.1. The van der Waals surface area contributed by atoms with Crippen molar-refractivity contribution < 1.29 is 4.42 Å². The number of imidazole rings is 2. The molecule has 0 saturated heterocycles. The Labute approximate surface area is 137 Å². The molecule has 4 heterocycles. The van der Waals surface area contributed by atoms with Crippen LogP contribution in [0.5, 0.6) is 0 Å². The molecule has 0 radical (unpaired) electrons. The van der Waals surface area contributed by atoms with Crippen LogP contribution in [0.1, 0.15) is 0 Å². The summed E-state index contributed by atoms with van der Waals surface area (Å²) in [5, 5.41) is 1.03. The number of furan rings is 1. The molecule has 0 unspecified atom stereocenters. The number of nitrogens with one attached hydrogen (secondary N) is 1. The average Bonchev–Trinajstić information content (AvgIpc) is 3.31. The third kappa shape index (κ3) is 1.70. The standard InChI is InChI=1S/C18H14N5O/c1-22-8-14(20-10-22)13-9-24-17-11-4-3-5-12(15(11)21-16(13)17)18-19-6-7-23(18)2/h3-5,7-10,21H,1-2H3/q-1. The van der Waals surface area contributed by atoms with Crippen LogP contribution < -0.4 is 0 Å². The van der Waals surface area contributed by atoms with Crippen LogP contribution in [-0.4, -0.2) is 24.1 Å². The molecule has 0 aliphatic rings. The van der Waals surface area contributed by atoms with Crippen LogP contribution in [0.3, 0.4) is 0 Å². The van der Waals surface area contributed by atoms with Gasteiger partial charge in [0.25, 0.3) is 0 Å². The maximum absolute atomic E-state index is 5.85. The molecule has 0 bridgehead atoms. The fourth-order valence-electron chi connectivity index (χ4n) is 3.18. The molecule has 0 amide bonds. The van der Waals surface area contributed by atoms with E-state index in [-0.39, 0.29) is 0 Å². The summed E-state index contributed by atoms with van der Waals surface area (Å²) >= 11 is 0. The van der Waals surface area contributed by atoms with Crippen LogP contribution in [-0.2, 0) is 14.1 Å². The van der Waals surface area contributed by atoms with Crippen molar-refractivity contribution in [1.29, 1.82) is 0 Å². The summed E-state index contributed by atoms with van der Waals surface area (Å²) in [4.78, 5) is 12.3. The summed E-state index contributed by atoms with van der Waals surface area (Å²) in [7, 11) is 3.92. The van der Waals surface area contributed by atoms with Crippen molar-refractivity contribution in [3.63, 3.8) is 0 Å². The van der Waals surface area contributed by atoms with E-state index in [2.05, 4.69) is 27.2 Å². The molecule has 5 rings (SSSR count). The second-order valence-corrected chi connectivity index (χ2v) is 5.94. The first-order valence-corrected chi connectivity index (χ1v) is 7.62. The van der Waals surface area contributed by atoms with Crippen molar-refractivity contribution in [3.8, 4) is 22.6 Å². The molecule has 0 atom stereocenters. The Balaban J connectivity index is 1.82. The van der Waals surface area contributed by atoms with E-state index in [9.17, 15) is 0 Å². The number of benzene rings is 1. The maximum Gasteiger partial charge on any atom is 0.160 e. The molecule has 0 fully saturated rings. The van der Waals surface area contributed by atoms with Gasteiger partial charge in [0.05, 0.1) is 23.1 Å². The largest absolute Gasteiger partial charge is 0.461 e. The normalized spacial score (nSPS) is 11.8. The average molecular weight is 316 g/mol. The molecule has 0 aliphatic carbocycles. The summed E-state index contributed by atoms with van der Waals surface area (Å²) in [6, 6.07) is 6.12. The lowest BCUT2D eigenvalue weighted by Gasteiger charge is -2.11. The molecule has 0 spiro atoms. The van der Waals surface area contributed by atoms with Crippen LogP contribution in [0, 0.1) is 6.20 Å². The summed E-state index contributed by atoms with van der Waals surface area (Å²) in [5.41, 5.74) is 5.66. The SMILES string of the molecule is Cn1cnc(-c2coc3c2[nH]c2c(-c4n[c-]cn4C)cccc23)c1. The van der Waals surface area contributed by atoms with E-state index in [1.54, 1.807) is 12.6 Å². The number of para-hydroxylation sites is 1. The summed E-state index contributed by atoms with van der Waals surface area (Å²) < 4.78 is 9.73. The Morgan fingerprint density at radius 2 is 2.08 bits per heavy atom. The number of aromatic amines is 1. The Morgan fingerprint density at radius 1 is 1.17 bits per heavy atom. The van der Waals surface area contributed by atoms with Crippen molar-refractivity contribution >= 4 is 22.0 Å². The van der Waals surface area contributed by atoms with Crippen molar-refractivity contribution in [2.75, 3.05) is 0 Å². The number of hydrogen-bond donors (Lipinski definition) is 1. The van der Waals surface area contributed by atoms with Crippen molar-refractivity contribution in [2.24, 2.45) is 14.1 Å². The van der Waals surface area contributed by atoms with Crippen LogP contribution in [0.2, 0.25) is 0 Å². The van der Waals surface area contributed by atoms with E-state index in [0.717, 1.165) is 44.6 Å². The first kappa shape index (κ1) is 13.2. The minimum Gasteiger partial charge on any atom is -0.461 e. The molecule has 6 heteroatoms. The van der Waals surface area contributed by atoms with Crippen molar-refractivity contribution in [2.45, 2.75) is 0 Å². The highest BCUT2D eigenvalue weighted by atomic mass is 16.3. The summed E-state index contributed by atoms with van der Waals surface area (Å²) in [6.07, 6.45) is 10.2. The molecule has 5 aromatic rings. The Bertz CT molecular complexity index is 1190. The molecule has 1 aromatic carbocycles. The third-order valence-corrected chi connectivity index (χ3v) is 4.33. The molecule has 118 valence electrons. The second-order valence-electron chi connectivity index (χ2n) is 5.94. The zero-order valence-corrected chi connectivity index (χ0v) is 13.2. The van der Waals surface area contributed by atoms with Gasteiger partial charge in [-0.15, -0.1) is 6.20 Å². The van der Waals surface area contributed by atoms with Gasteiger partial charge >= 0.3 is 0 Å². The predicted molar refractivity (Wildman–Crippen MR) is 91.3 cm³/mol. The molecular weight excluding hydrogens is 302 g/mol. The predicted octanol–water partition coefficient (Wildman–Crippen LogP) is 3.52. The van der Waals surface area contributed by atoms with Gasteiger partial charge < -0.3 is 23.5 Å². The van der Waals surface area contributed by atoms with Gasteiger partial charge in [0, 0.05) is 24.1 Å². The second kappa shape index (κ2) is 4.61. The van der Waals surface area contributed by atoms with E-state index in [1.165, 1.54) is 0 Å². The van der Waals surface area contributed by atoms with E-state index < -0.39 is 0 Å². The van der Waals surface area contributed by atoms with Gasteiger partial charge in [-0.1, -0.05) is 18.3 Å². The first-order chi connectivity index (χ1) is 11.7. The fourth-order valence-corrected chi connectivity index (χ4v) is 3.18. The number of aromatic nitrogens is 5. The lowest BCUT2D eigenvalue weighted by Crippen LogP contribution is -1.92. The highest BCUT2D eigenvalue weighted by Gasteiger charge is 2.16. The van der Waals surface area contributed by atoms with E-state index >= 15 is 0 Å².